The number of hydrogen-bond acceptors (Lipinski definition) is 3. The van der Waals surface area contributed by atoms with Gasteiger partial charge in [0.1, 0.15) is 5.58 Å². The van der Waals surface area contributed by atoms with E-state index >= 15 is 0 Å². The zero-order valence-corrected chi connectivity index (χ0v) is 41.3. The molecule has 5 heteroatoms. The van der Waals surface area contributed by atoms with Crippen LogP contribution in [0.4, 0.5) is 0 Å². The van der Waals surface area contributed by atoms with Crippen molar-refractivity contribution in [3.05, 3.63) is 187 Å². The third-order valence-corrected chi connectivity index (χ3v) is 14.1. The van der Waals surface area contributed by atoms with E-state index in [4.69, 9.17) is 9.40 Å². The van der Waals surface area contributed by atoms with Crippen LogP contribution in [-0.4, -0.2) is 18.0 Å². The second-order valence-electron chi connectivity index (χ2n) is 18.8. The maximum absolute atomic E-state index is 6.60. The van der Waals surface area contributed by atoms with Gasteiger partial charge in [0.25, 0.3) is 0 Å². The summed E-state index contributed by atoms with van der Waals surface area (Å²) in [7, 11) is -1.45. The predicted octanol–water partition coefficient (Wildman–Crippen LogP) is 15.6. The quantitative estimate of drug-likeness (QED) is 0.112. The first-order valence-corrected chi connectivity index (χ1v) is 25.3. The van der Waals surface area contributed by atoms with Crippen molar-refractivity contribution in [2.24, 2.45) is 5.92 Å². The fraction of sp³-hybridized carbons (Fsp3) is 0.207. The van der Waals surface area contributed by atoms with Crippen LogP contribution in [0.1, 0.15) is 58.6 Å². The molecule has 9 rings (SSSR count). The summed E-state index contributed by atoms with van der Waals surface area (Å²) in [6.45, 7) is 20.9. The van der Waals surface area contributed by atoms with Crippen molar-refractivity contribution >= 4 is 35.2 Å². The number of nitrogens with zero attached hydrogens (tertiary/aromatic N) is 2. The normalized spacial score (nSPS) is 12.2. The molecule has 1 radical (unpaired) electrons. The van der Waals surface area contributed by atoms with Gasteiger partial charge in [-0.15, -0.1) is 53.6 Å². The molecule has 0 bridgehead atoms. The van der Waals surface area contributed by atoms with Crippen LogP contribution in [0, 0.1) is 18.1 Å². The fourth-order valence-corrected chi connectivity index (χ4v) is 9.73. The minimum absolute atomic E-state index is 0. The molecular formula is C58H56IrN2OSi-2. The molecule has 0 aliphatic carbocycles. The van der Waals surface area contributed by atoms with Crippen LogP contribution >= 0.6 is 0 Å². The van der Waals surface area contributed by atoms with E-state index in [-0.39, 0.29) is 25.5 Å². The molecule has 3 nitrogen and oxygen atoms in total. The molecule has 3 heterocycles. The van der Waals surface area contributed by atoms with Crippen LogP contribution < -0.4 is 5.19 Å². The number of fused-ring (bicyclic) bond motifs is 3. The Kier molecular flexibility index (Phi) is 13.6. The summed E-state index contributed by atoms with van der Waals surface area (Å²) in [5.41, 5.74) is 15.4. The first-order chi connectivity index (χ1) is 29.8. The van der Waals surface area contributed by atoms with Gasteiger partial charge in [0, 0.05) is 43.4 Å². The SMILES string of the molecule is CC(C)(C)c1ccc(-c2cccc3c2oc2c(-c4cc(-c5ccccc5)ccn4)[c-]ccc23)cc1.CC(C)C(C)c1cc(-c2[c-]ccc(-c3ccccc3)c2)ncc1[Si](C)(C)C.[Ir]. The molecule has 1 atom stereocenters. The van der Waals surface area contributed by atoms with Crippen molar-refractivity contribution in [2.45, 2.75) is 72.5 Å². The minimum atomic E-state index is -1.45. The largest absolute Gasteiger partial charge is 0.500 e. The average molecular weight is 1020 g/mol. The maximum Gasteiger partial charge on any atom is 0.128 e. The van der Waals surface area contributed by atoms with E-state index in [1.807, 2.05) is 30.5 Å². The van der Waals surface area contributed by atoms with Crippen LogP contribution in [0.2, 0.25) is 19.6 Å². The monoisotopic (exact) mass is 1020 g/mol. The molecule has 0 saturated carbocycles. The number of pyridine rings is 2. The molecule has 0 amide bonds. The second kappa shape index (κ2) is 18.9. The Balaban J connectivity index is 0.000000193. The maximum atomic E-state index is 6.60. The molecule has 0 saturated heterocycles. The summed E-state index contributed by atoms with van der Waals surface area (Å²) in [5, 5.41) is 3.66. The number of aromatic nitrogens is 2. The smallest absolute Gasteiger partial charge is 0.128 e. The van der Waals surface area contributed by atoms with Gasteiger partial charge in [-0.25, -0.2) is 0 Å². The first kappa shape index (κ1) is 45.3. The molecule has 63 heavy (non-hydrogen) atoms. The minimum Gasteiger partial charge on any atom is -0.500 e. The Morgan fingerprint density at radius 1 is 0.571 bits per heavy atom. The van der Waals surface area contributed by atoms with Crippen LogP contribution in [-0.2, 0) is 25.5 Å². The van der Waals surface area contributed by atoms with Crippen molar-refractivity contribution < 1.29 is 24.5 Å². The van der Waals surface area contributed by atoms with Crippen LogP contribution in [0.3, 0.4) is 0 Å². The third kappa shape index (κ3) is 9.92. The van der Waals surface area contributed by atoms with Gasteiger partial charge in [0.05, 0.1) is 13.7 Å². The number of hydrogen-bond donors (Lipinski definition) is 0. The van der Waals surface area contributed by atoms with Crippen molar-refractivity contribution in [2.75, 3.05) is 0 Å². The van der Waals surface area contributed by atoms with Crippen molar-refractivity contribution in [3.8, 4) is 55.9 Å². The third-order valence-electron chi connectivity index (χ3n) is 12.1. The summed E-state index contributed by atoms with van der Waals surface area (Å²) in [6.07, 6.45) is 3.99. The molecule has 0 fully saturated rings. The Bertz CT molecular complexity index is 2960. The molecule has 0 aliphatic rings. The molecular weight excluding hydrogens is 961 g/mol. The van der Waals surface area contributed by atoms with Gasteiger partial charge in [0.2, 0.25) is 0 Å². The molecule has 0 spiro atoms. The average Bonchev–Trinajstić information content (AvgIpc) is 3.68. The molecule has 0 N–H and O–H groups in total. The zero-order valence-electron chi connectivity index (χ0n) is 37.9. The van der Waals surface area contributed by atoms with Crippen LogP contribution in [0.25, 0.3) is 77.8 Å². The van der Waals surface area contributed by atoms with Gasteiger partial charge in [-0.1, -0.05) is 193 Å². The summed E-state index contributed by atoms with van der Waals surface area (Å²) < 4.78 is 6.60. The van der Waals surface area contributed by atoms with Gasteiger partial charge < -0.3 is 14.4 Å². The Labute approximate surface area is 389 Å². The molecule has 6 aromatic carbocycles. The molecule has 3 aromatic heterocycles. The van der Waals surface area contributed by atoms with E-state index in [9.17, 15) is 0 Å². The molecule has 9 aromatic rings. The first-order valence-electron chi connectivity index (χ1n) is 21.8. The van der Waals surface area contributed by atoms with E-state index in [0.29, 0.717) is 11.8 Å². The molecule has 0 aliphatic heterocycles. The number of furan rings is 1. The van der Waals surface area contributed by atoms with E-state index in [1.54, 1.807) is 0 Å². The van der Waals surface area contributed by atoms with Crippen molar-refractivity contribution in [3.63, 3.8) is 0 Å². The number of para-hydroxylation sites is 1. The van der Waals surface area contributed by atoms with E-state index in [1.165, 1.54) is 27.4 Å². The standard InChI is InChI=1S/C33H26NO.C25H30NSi.Ir/c1-33(2,3)25-17-15-23(16-18-25)26-11-7-12-27-28-13-8-14-29(32(28)35-31(26)27)30-21-24(19-20-34-30)22-9-5-4-6-10-22;1-18(2)19(3)23-16-24(26-17-25(23)27(4,5)6)22-14-10-13-21(15-22)20-11-8-7-9-12-20;/h4-13,15-21H,1-3H3;7-13,15-19H,1-6H3;/q2*-1;. The summed E-state index contributed by atoms with van der Waals surface area (Å²) >= 11 is 0. The van der Waals surface area contributed by atoms with E-state index < -0.39 is 8.07 Å². The van der Waals surface area contributed by atoms with Gasteiger partial charge >= 0.3 is 0 Å². The summed E-state index contributed by atoms with van der Waals surface area (Å²) in [5.74, 6) is 1.13. The number of rotatable bonds is 8. The zero-order chi connectivity index (χ0) is 43.6. The Morgan fingerprint density at radius 3 is 1.84 bits per heavy atom. The second-order valence-corrected chi connectivity index (χ2v) is 23.8. The van der Waals surface area contributed by atoms with Crippen LogP contribution in [0.15, 0.2) is 168 Å². The Morgan fingerprint density at radius 2 is 1.21 bits per heavy atom. The topological polar surface area (TPSA) is 38.9 Å². The predicted molar refractivity (Wildman–Crippen MR) is 266 cm³/mol. The summed E-state index contributed by atoms with van der Waals surface area (Å²) in [6, 6.07) is 59.7. The fourth-order valence-electron chi connectivity index (χ4n) is 8.11. The summed E-state index contributed by atoms with van der Waals surface area (Å²) in [4.78, 5) is 9.53. The molecule has 1 unspecified atom stereocenters. The van der Waals surface area contributed by atoms with Gasteiger partial charge in [-0.3, -0.25) is 0 Å². The Hall–Kier alpha value is -5.71. The van der Waals surface area contributed by atoms with E-state index in [2.05, 4.69) is 212 Å². The van der Waals surface area contributed by atoms with Crippen LogP contribution in [0.5, 0.6) is 0 Å². The van der Waals surface area contributed by atoms with Gasteiger partial charge in [-0.2, -0.15) is 0 Å². The van der Waals surface area contributed by atoms with Crippen molar-refractivity contribution in [1.29, 1.82) is 0 Å². The van der Waals surface area contributed by atoms with E-state index in [0.717, 1.165) is 66.7 Å². The van der Waals surface area contributed by atoms with Crippen molar-refractivity contribution in [1.82, 2.24) is 9.97 Å². The van der Waals surface area contributed by atoms with Gasteiger partial charge in [-0.05, 0) is 67.7 Å². The van der Waals surface area contributed by atoms with Gasteiger partial charge in [0.15, 0.2) is 0 Å². The number of benzene rings is 6. The molecule has 319 valence electrons.